The number of anilines is 1. The number of benzene rings is 3. The lowest BCUT2D eigenvalue weighted by Gasteiger charge is -2.22. The molecule has 0 fully saturated rings. The number of ether oxygens (including phenoxy) is 1. The van der Waals surface area contributed by atoms with Crippen LogP contribution in [0.2, 0.25) is 10.0 Å². The largest absolute Gasteiger partial charge is 0.494 e. The number of hydrogen-bond acceptors (Lipinski definition) is 5. The standard InChI is InChI=1S/C25H18Cl2FN3OS.BrH/c1-32-24-10-7-16(11-20(24)28)21-13-23(18-9-8-17(26)12-19(18)27)31(30-21)25-29-22(14-33-25)15-5-3-2-4-6-15;/h2-12,14,23H,13H2,1H3;1H. The Kier molecular flexibility index (Phi) is 7.57. The van der Waals surface area contributed by atoms with E-state index in [0.717, 1.165) is 27.7 Å². The van der Waals surface area contributed by atoms with Gasteiger partial charge in [0.25, 0.3) is 0 Å². The molecule has 0 N–H and O–H groups in total. The lowest BCUT2D eigenvalue weighted by atomic mass is 9.98. The topological polar surface area (TPSA) is 37.7 Å². The summed E-state index contributed by atoms with van der Waals surface area (Å²) in [6.07, 6.45) is 0.535. The Hall–Kier alpha value is -2.45. The van der Waals surface area contributed by atoms with Gasteiger partial charge in [0.05, 0.1) is 24.6 Å². The number of hydrogen-bond donors (Lipinski definition) is 0. The van der Waals surface area contributed by atoms with Gasteiger partial charge in [-0.25, -0.2) is 14.4 Å². The number of methoxy groups -OCH3 is 1. The maximum Gasteiger partial charge on any atom is 0.207 e. The summed E-state index contributed by atoms with van der Waals surface area (Å²) in [5, 5.41) is 10.6. The first-order valence-electron chi connectivity index (χ1n) is 10.2. The molecule has 0 saturated heterocycles. The van der Waals surface area contributed by atoms with Crippen LogP contribution < -0.4 is 9.75 Å². The molecule has 4 nitrogen and oxygen atoms in total. The minimum Gasteiger partial charge on any atom is -0.494 e. The Morgan fingerprint density at radius 2 is 1.82 bits per heavy atom. The van der Waals surface area contributed by atoms with Gasteiger partial charge < -0.3 is 4.74 Å². The molecule has 1 atom stereocenters. The Labute approximate surface area is 221 Å². The molecule has 3 aromatic carbocycles. The summed E-state index contributed by atoms with van der Waals surface area (Å²) in [6, 6.07) is 20.1. The van der Waals surface area contributed by atoms with Gasteiger partial charge in [0, 0.05) is 33.0 Å². The smallest absolute Gasteiger partial charge is 0.207 e. The van der Waals surface area contributed by atoms with Crippen LogP contribution in [0.25, 0.3) is 11.3 Å². The molecule has 5 rings (SSSR count). The van der Waals surface area contributed by atoms with E-state index in [1.165, 1.54) is 24.5 Å². The lowest BCUT2D eigenvalue weighted by Crippen LogP contribution is -2.18. The minimum atomic E-state index is -0.433. The highest BCUT2D eigenvalue weighted by atomic mass is 79.9. The molecule has 0 amide bonds. The van der Waals surface area contributed by atoms with E-state index in [0.29, 0.717) is 22.0 Å². The molecule has 1 aliphatic rings. The zero-order valence-corrected chi connectivity index (χ0v) is 22.0. The van der Waals surface area contributed by atoms with E-state index in [2.05, 4.69) is 0 Å². The Morgan fingerprint density at radius 3 is 2.53 bits per heavy atom. The number of rotatable bonds is 5. The molecule has 9 heteroatoms. The molecule has 0 saturated carbocycles. The van der Waals surface area contributed by atoms with Crippen LogP contribution in [-0.2, 0) is 0 Å². The predicted octanol–water partition coefficient (Wildman–Crippen LogP) is 8.20. The Balaban J connectivity index is 0.00000274. The summed E-state index contributed by atoms with van der Waals surface area (Å²) in [6.45, 7) is 0. The van der Waals surface area contributed by atoms with Crippen LogP contribution in [0, 0.1) is 5.82 Å². The average molecular weight is 579 g/mol. The molecule has 0 radical (unpaired) electrons. The van der Waals surface area contributed by atoms with Crippen LogP contribution in [0.1, 0.15) is 23.6 Å². The van der Waals surface area contributed by atoms with E-state index >= 15 is 0 Å². The molecule has 1 aliphatic heterocycles. The Morgan fingerprint density at radius 1 is 1.03 bits per heavy atom. The van der Waals surface area contributed by atoms with E-state index in [1.807, 2.05) is 58.9 Å². The first-order valence-corrected chi connectivity index (χ1v) is 11.8. The third-order valence-electron chi connectivity index (χ3n) is 5.47. The number of thiazole rings is 1. The normalized spacial score (nSPS) is 15.1. The van der Waals surface area contributed by atoms with Crippen molar-refractivity contribution < 1.29 is 9.13 Å². The highest BCUT2D eigenvalue weighted by molar-refractivity contribution is 8.93. The SMILES string of the molecule is Br.COc1ccc(C2=NN(c3nc(-c4ccccc4)cs3)C(c3ccc(Cl)cc3Cl)C2)cc1F. The fourth-order valence-electron chi connectivity index (χ4n) is 3.83. The van der Waals surface area contributed by atoms with E-state index in [9.17, 15) is 4.39 Å². The van der Waals surface area contributed by atoms with Crippen molar-refractivity contribution in [1.82, 2.24) is 4.98 Å². The summed E-state index contributed by atoms with van der Waals surface area (Å²) in [5.74, 6) is -0.239. The second-order valence-corrected chi connectivity index (χ2v) is 9.19. The highest BCUT2D eigenvalue weighted by Gasteiger charge is 2.33. The lowest BCUT2D eigenvalue weighted by molar-refractivity contribution is 0.386. The Bertz CT molecular complexity index is 1350. The molecule has 174 valence electrons. The summed E-state index contributed by atoms with van der Waals surface area (Å²) in [5.41, 5.74) is 4.21. The van der Waals surface area contributed by atoms with Crippen molar-refractivity contribution in [2.75, 3.05) is 12.1 Å². The minimum absolute atomic E-state index is 0. The molecule has 0 spiro atoms. The molecule has 1 aromatic heterocycles. The molecule has 2 heterocycles. The summed E-state index contributed by atoms with van der Waals surface area (Å²) >= 11 is 14.2. The quantitative estimate of drug-likeness (QED) is 0.239. The van der Waals surface area contributed by atoms with Gasteiger partial charge in [0.15, 0.2) is 11.6 Å². The average Bonchev–Trinajstić information content (AvgIpc) is 3.47. The number of hydrazone groups is 1. The van der Waals surface area contributed by atoms with Gasteiger partial charge in [-0.15, -0.1) is 28.3 Å². The van der Waals surface area contributed by atoms with Crippen LogP contribution in [0.5, 0.6) is 5.75 Å². The molecular formula is C25H19BrCl2FN3OS. The first kappa shape index (κ1) is 24.7. The van der Waals surface area contributed by atoms with Crippen LogP contribution in [0.4, 0.5) is 9.52 Å². The van der Waals surface area contributed by atoms with E-state index in [1.54, 1.807) is 12.1 Å². The third kappa shape index (κ3) is 4.84. The molecule has 0 bridgehead atoms. The summed E-state index contributed by atoms with van der Waals surface area (Å²) in [7, 11) is 1.44. The number of halogens is 4. The van der Waals surface area contributed by atoms with Crippen molar-refractivity contribution >= 4 is 62.4 Å². The molecule has 4 aromatic rings. The van der Waals surface area contributed by atoms with Gasteiger partial charge in [-0.05, 0) is 35.9 Å². The van der Waals surface area contributed by atoms with Gasteiger partial charge in [0.1, 0.15) is 0 Å². The predicted molar refractivity (Wildman–Crippen MR) is 144 cm³/mol. The fourth-order valence-corrected chi connectivity index (χ4v) is 5.20. The van der Waals surface area contributed by atoms with Crippen LogP contribution >= 0.6 is 51.5 Å². The van der Waals surface area contributed by atoms with E-state index < -0.39 is 5.82 Å². The van der Waals surface area contributed by atoms with Crippen molar-refractivity contribution in [2.24, 2.45) is 5.10 Å². The molecular weight excluding hydrogens is 560 g/mol. The molecule has 0 aliphatic carbocycles. The van der Waals surface area contributed by atoms with Gasteiger partial charge >= 0.3 is 0 Å². The van der Waals surface area contributed by atoms with Gasteiger partial charge in [-0.2, -0.15) is 5.10 Å². The molecule has 1 unspecified atom stereocenters. The zero-order chi connectivity index (χ0) is 22.9. The maximum absolute atomic E-state index is 14.4. The molecule has 34 heavy (non-hydrogen) atoms. The third-order valence-corrected chi connectivity index (χ3v) is 6.87. The van der Waals surface area contributed by atoms with Crippen LogP contribution in [0.3, 0.4) is 0 Å². The van der Waals surface area contributed by atoms with Gasteiger partial charge in [0.2, 0.25) is 5.13 Å². The van der Waals surface area contributed by atoms with Gasteiger partial charge in [-0.1, -0.05) is 59.6 Å². The van der Waals surface area contributed by atoms with E-state index in [-0.39, 0.29) is 28.8 Å². The zero-order valence-electron chi connectivity index (χ0n) is 17.9. The van der Waals surface area contributed by atoms with Crippen molar-refractivity contribution in [1.29, 1.82) is 0 Å². The summed E-state index contributed by atoms with van der Waals surface area (Å²) < 4.78 is 19.5. The second kappa shape index (κ2) is 10.4. The van der Waals surface area contributed by atoms with Crippen molar-refractivity contribution in [2.45, 2.75) is 12.5 Å². The van der Waals surface area contributed by atoms with Crippen molar-refractivity contribution in [3.63, 3.8) is 0 Å². The maximum atomic E-state index is 14.4. The first-order chi connectivity index (χ1) is 16.0. The van der Waals surface area contributed by atoms with Crippen molar-refractivity contribution in [3.05, 3.63) is 99.1 Å². The summed E-state index contributed by atoms with van der Waals surface area (Å²) in [4.78, 5) is 4.83. The van der Waals surface area contributed by atoms with Crippen molar-refractivity contribution in [3.8, 4) is 17.0 Å². The second-order valence-electron chi connectivity index (χ2n) is 7.51. The number of aromatic nitrogens is 1. The van der Waals surface area contributed by atoms with Crippen LogP contribution in [-0.4, -0.2) is 17.8 Å². The number of nitrogens with zero attached hydrogens (tertiary/aromatic N) is 3. The van der Waals surface area contributed by atoms with Gasteiger partial charge in [-0.3, -0.25) is 0 Å². The fraction of sp³-hybridized carbons (Fsp3) is 0.120. The van der Waals surface area contributed by atoms with E-state index in [4.69, 9.17) is 38.0 Å². The monoisotopic (exact) mass is 577 g/mol. The highest BCUT2D eigenvalue weighted by Crippen LogP contribution is 2.42. The van der Waals surface area contributed by atoms with Crippen LogP contribution in [0.15, 0.2) is 77.2 Å².